The molecule has 0 atom stereocenters. The molecule has 2 rings (SSSR count). The molecule has 0 saturated heterocycles. The number of halogens is 1. The SMILES string of the molecule is Cc1cccc(C)c1N=C(N)SCc1cccc(F)c1. The number of amidine groups is 1. The van der Waals surface area contributed by atoms with Gasteiger partial charge in [-0.1, -0.05) is 42.1 Å². The van der Waals surface area contributed by atoms with Crippen LogP contribution in [0.15, 0.2) is 47.5 Å². The van der Waals surface area contributed by atoms with Crippen molar-refractivity contribution >= 4 is 22.6 Å². The van der Waals surface area contributed by atoms with E-state index in [0.29, 0.717) is 10.9 Å². The van der Waals surface area contributed by atoms with Crippen LogP contribution >= 0.6 is 11.8 Å². The number of benzene rings is 2. The van der Waals surface area contributed by atoms with Crippen molar-refractivity contribution in [2.24, 2.45) is 10.7 Å². The third kappa shape index (κ3) is 3.84. The number of para-hydroxylation sites is 1. The minimum atomic E-state index is -0.228. The van der Waals surface area contributed by atoms with Gasteiger partial charge in [0.2, 0.25) is 0 Å². The van der Waals surface area contributed by atoms with E-state index < -0.39 is 0 Å². The Morgan fingerprint density at radius 2 is 1.80 bits per heavy atom. The molecule has 0 saturated carbocycles. The highest BCUT2D eigenvalue weighted by molar-refractivity contribution is 8.13. The molecule has 2 nitrogen and oxygen atoms in total. The standard InChI is InChI=1S/C16H17FN2S/c1-11-5-3-6-12(2)15(11)19-16(18)20-10-13-7-4-8-14(17)9-13/h3-9H,10H2,1-2H3,(H2,18,19). The second-order valence-corrected chi connectivity index (χ2v) is 5.60. The summed E-state index contributed by atoms with van der Waals surface area (Å²) < 4.78 is 13.1. The minimum Gasteiger partial charge on any atom is -0.378 e. The average molecular weight is 288 g/mol. The lowest BCUT2D eigenvalue weighted by molar-refractivity contribution is 0.626. The van der Waals surface area contributed by atoms with Gasteiger partial charge in [0.15, 0.2) is 5.17 Å². The molecule has 0 heterocycles. The number of hydrogen-bond donors (Lipinski definition) is 1. The van der Waals surface area contributed by atoms with Gasteiger partial charge < -0.3 is 5.73 Å². The van der Waals surface area contributed by atoms with E-state index in [1.807, 2.05) is 38.1 Å². The molecular weight excluding hydrogens is 271 g/mol. The predicted molar refractivity (Wildman–Crippen MR) is 84.9 cm³/mol. The molecule has 0 amide bonds. The van der Waals surface area contributed by atoms with E-state index >= 15 is 0 Å². The largest absolute Gasteiger partial charge is 0.378 e. The van der Waals surface area contributed by atoms with E-state index in [0.717, 1.165) is 22.4 Å². The van der Waals surface area contributed by atoms with Gasteiger partial charge in [0.1, 0.15) is 5.82 Å². The van der Waals surface area contributed by atoms with Crippen molar-refractivity contribution < 1.29 is 4.39 Å². The first-order valence-electron chi connectivity index (χ1n) is 6.34. The van der Waals surface area contributed by atoms with E-state index in [9.17, 15) is 4.39 Å². The lowest BCUT2D eigenvalue weighted by atomic mass is 10.1. The topological polar surface area (TPSA) is 38.4 Å². The van der Waals surface area contributed by atoms with Gasteiger partial charge in [-0.25, -0.2) is 9.38 Å². The van der Waals surface area contributed by atoms with Crippen molar-refractivity contribution in [1.82, 2.24) is 0 Å². The fourth-order valence-electron chi connectivity index (χ4n) is 1.91. The van der Waals surface area contributed by atoms with Crippen molar-refractivity contribution in [3.8, 4) is 0 Å². The van der Waals surface area contributed by atoms with E-state index in [-0.39, 0.29) is 5.82 Å². The highest BCUT2D eigenvalue weighted by Crippen LogP contribution is 2.24. The lowest BCUT2D eigenvalue weighted by Crippen LogP contribution is -2.06. The summed E-state index contributed by atoms with van der Waals surface area (Å²) in [5.74, 6) is 0.381. The second kappa shape index (κ2) is 6.57. The van der Waals surface area contributed by atoms with Crippen molar-refractivity contribution in [2.45, 2.75) is 19.6 Å². The lowest BCUT2D eigenvalue weighted by Gasteiger charge is -2.06. The molecule has 0 aliphatic rings. The van der Waals surface area contributed by atoms with Gasteiger partial charge in [-0.15, -0.1) is 0 Å². The summed E-state index contributed by atoms with van der Waals surface area (Å²) in [7, 11) is 0. The van der Waals surface area contributed by atoms with E-state index in [1.54, 1.807) is 6.07 Å². The molecule has 104 valence electrons. The molecular formula is C16H17FN2S. The Balaban J connectivity index is 2.08. The highest BCUT2D eigenvalue weighted by atomic mass is 32.2. The molecule has 0 fully saturated rings. The average Bonchev–Trinajstić information content (AvgIpc) is 2.41. The van der Waals surface area contributed by atoms with Crippen LogP contribution in [0.1, 0.15) is 16.7 Å². The van der Waals surface area contributed by atoms with Crippen LogP contribution in [-0.2, 0) is 5.75 Å². The molecule has 0 unspecified atom stereocenters. The number of aliphatic imine (C=N–C) groups is 1. The van der Waals surface area contributed by atoms with Gasteiger partial charge >= 0.3 is 0 Å². The van der Waals surface area contributed by atoms with Crippen LogP contribution in [0.4, 0.5) is 10.1 Å². The van der Waals surface area contributed by atoms with Crippen LogP contribution in [0.5, 0.6) is 0 Å². The van der Waals surface area contributed by atoms with Crippen molar-refractivity contribution in [3.05, 3.63) is 65.0 Å². The molecule has 0 radical (unpaired) electrons. The van der Waals surface area contributed by atoms with Gasteiger partial charge in [-0.05, 0) is 42.7 Å². The monoisotopic (exact) mass is 288 g/mol. The summed E-state index contributed by atoms with van der Waals surface area (Å²) in [6, 6.07) is 12.5. The summed E-state index contributed by atoms with van der Waals surface area (Å²) in [6.45, 7) is 4.02. The zero-order chi connectivity index (χ0) is 14.5. The first-order chi connectivity index (χ1) is 9.56. The molecule has 0 spiro atoms. The second-order valence-electron chi connectivity index (χ2n) is 4.61. The quantitative estimate of drug-likeness (QED) is 0.674. The van der Waals surface area contributed by atoms with Crippen molar-refractivity contribution in [2.75, 3.05) is 0 Å². The zero-order valence-electron chi connectivity index (χ0n) is 11.6. The zero-order valence-corrected chi connectivity index (χ0v) is 12.4. The van der Waals surface area contributed by atoms with Crippen LogP contribution in [0, 0.1) is 19.7 Å². The van der Waals surface area contributed by atoms with Crippen molar-refractivity contribution in [1.29, 1.82) is 0 Å². The van der Waals surface area contributed by atoms with Gasteiger partial charge in [-0.2, -0.15) is 0 Å². The van der Waals surface area contributed by atoms with Gasteiger partial charge in [0.05, 0.1) is 5.69 Å². The first-order valence-corrected chi connectivity index (χ1v) is 7.32. The fraction of sp³-hybridized carbons (Fsp3) is 0.188. The molecule has 0 aliphatic carbocycles. The molecule has 20 heavy (non-hydrogen) atoms. The van der Waals surface area contributed by atoms with Crippen molar-refractivity contribution in [3.63, 3.8) is 0 Å². The van der Waals surface area contributed by atoms with Crippen LogP contribution in [0.25, 0.3) is 0 Å². The van der Waals surface area contributed by atoms with Crippen LogP contribution < -0.4 is 5.73 Å². The Labute approximate surface area is 122 Å². The highest BCUT2D eigenvalue weighted by Gasteiger charge is 2.03. The van der Waals surface area contributed by atoms with E-state index in [1.165, 1.54) is 23.9 Å². The smallest absolute Gasteiger partial charge is 0.159 e. The predicted octanol–water partition coefficient (Wildman–Crippen LogP) is 4.32. The summed E-state index contributed by atoms with van der Waals surface area (Å²) in [5.41, 5.74) is 9.95. The van der Waals surface area contributed by atoms with Gasteiger partial charge in [0, 0.05) is 5.75 Å². The molecule has 0 aliphatic heterocycles. The third-order valence-corrected chi connectivity index (χ3v) is 3.80. The number of hydrogen-bond acceptors (Lipinski definition) is 2. The molecule has 2 N–H and O–H groups in total. The minimum absolute atomic E-state index is 0.228. The maximum atomic E-state index is 13.1. The number of rotatable bonds is 3. The maximum Gasteiger partial charge on any atom is 0.159 e. The molecule has 2 aromatic carbocycles. The summed E-state index contributed by atoms with van der Waals surface area (Å²) in [4.78, 5) is 4.46. The normalized spacial score (nSPS) is 11.7. The fourth-order valence-corrected chi connectivity index (χ4v) is 2.56. The number of aryl methyl sites for hydroxylation is 2. The molecule has 0 aromatic heterocycles. The van der Waals surface area contributed by atoms with Crippen LogP contribution in [0.3, 0.4) is 0 Å². The third-order valence-electron chi connectivity index (χ3n) is 2.94. The Hall–Kier alpha value is -1.81. The Kier molecular flexibility index (Phi) is 4.79. The van der Waals surface area contributed by atoms with E-state index in [2.05, 4.69) is 4.99 Å². The first kappa shape index (κ1) is 14.6. The van der Waals surface area contributed by atoms with Crippen LogP contribution in [-0.4, -0.2) is 5.17 Å². The molecule has 4 heteroatoms. The molecule has 0 bridgehead atoms. The Morgan fingerprint density at radius 1 is 1.15 bits per heavy atom. The van der Waals surface area contributed by atoms with Gasteiger partial charge in [0.25, 0.3) is 0 Å². The molecule has 2 aromatic rings. The van der Waals surface area contributed by atoms with E-state index in [4.69, 9.17) is 5.73 Å². The summed E-state index contributed by atoms with van der Waals surface area (Å²) >= 11 is 1.41. The Bertz CT molecular complexity index is 618. The number of nitrogens with two attached hydrogens (primary N) is 1. The number of nitrogens with zero attached hydrogens (tertiary/aromatic N) is 1. The summed E-state index contributed by atoms with van der Waals surface area (Å²) in [6.07, 6.45) is 0. The van der Waals surface area contributed by atoms with Crippen LogP contribution in [0.2, 0.25) is 0 Å². The Morgan fingerprint density at radius 3 is 2.45 bits per heavy atom. The van der Waals surface area contributed by atoms with Gasteiger partial charge in [-0.3, -0.25) is 0 Å². The summed E-state index contributed by atoms with van der Waals surface area (Å²) in [5, 5.41) is 0.492. The maximum absolute atomic E-state index is 13.1. The number of thioether (sulfide) groups is 1.